The van der Waals surface area contributed by atoms with Crippen LogP contribution in [0.2, 0.25) is 0 Å². The van der Waals surface area contributed by atoms with Gasteiger partial charge in [0, 0.05) is 11.9 Å². The average Bonchev–Trinajstić information content (AvgIpc) is 3.05. The molecule has 0 atom stereocenters. The maximum absolute atomic E-state index is 11.7. The number of carbonyl (C=O) groups excluding carboxylic acids is 1. The van der Waals surface area contributed by atoms with Gasteiger partial charge >= 0.3 is 0 Å². The molecule has 0 bridgehead atoms. The molecule has 2 rings (SSSR count). The molecule has 1 amide bonds. The molecule has 21 heavy (non-hydrogen) atoms. The topological polar surface area (TPSA) is 78.5 Å². The standard InChI is InChI=1S/C15H18N4O2/c1-11(14-4-3-9-16-14)18-19-15(20)10-17-12-5-7-13(21-2)8-6-12/h3-9,16-17H,10H2,1-2H3,(H,19,20)/b18-11+. The largest absolute Gasteiger partial charge is 0.497 e. The minimum absolute atomic E-state index is 0.147. The first kappa shape index (κ1) is 14.6. The lowest BCUT2D eigenvalue weighted by Gasteiger charge is -2.06. The second kappa shape index (κ2) is 7.14. The molecule has 0 aliphatic heterocycles. The van der Waals surface area contributed by atoms with E-state index in [-0.39, 0.29) is 12.5 Å². The monoisotopic (exact) mass is 286 g/mol. The zero-order valence-corrected chi connectivity index (χ0v) is 12.0. The summed E-state index contributed by atoms with van der Waals surface area (Å²) in [6.07, 6.45) is 1.81. The lowest BCUT2D eigenvalue weighted by atomic mass is 10.3. The van der Waals surface area contributed by atoms with Crippen molar-refractivity contribution in [1.29, 1.82) is 0 Å². The number of anilines is 1. The van der Waals surface area contributed by atoms with E-state index in [0.29, 0.717) is 0 Å². The van der Waals surface area contributed by atoms with Gasteiger partial charge in [-0.1, -0.05) is 0 Å². The van der Waals surface area contributed by atoms with Crippen molar-refractivity contribution in [2.24, 2.45) is 5.10 Å². The Kier molecular flexibility index (Phi) is 4.98. The summed E-state index contributed by atoms with van der Waals surface area (Å²) in [5, 5.41) is 7.04. The van der Waals surface area contributed by atoms with Crippen LogP contribution in [0, 0.1) is 0 Å². The van der Waals surface area contributed by atoms with Crippen molar-refractivity contribution in [2.45, 2.75) is 6.92 Å². The Balaban J connectivity index is 1.80. The normalized spacial score (nSPS) is 11.0. The highest BCUT2D eigenvalue weighted by atomic mass is 16.5. The number of amides is 1. The van der Waals surface area contributed by atoms with Gasteiger partial charge in [-0.15, -0.1) is 0 Å². The number of aromatic amines is 1. The number of carbonyl (C=O) groups is 1. The van der Waals surface area contributed by atoms with Gasteiger partial charge in [0.15, 0.2) is 0 Å². The highest BCUT2D eigenvalue weighted by molar-refractivity contribution is 5.97. The quantitative estimate of drug-likeness (QED) is 0.561. The van der Waals surface area contributed by atoms with Crippen LogP contribution in [0.15, 0.2) is 47.7 Å². The number of nitrogens with zero attached hydrogens (tertiary/aromatic N) is 1. The van der Waals surface area contributed by atoms with Crippen LogP contribution in [-0.4, -0.2) is 30.3 Å². The SMILES string of the molecule is COc1ccc(NCC(=O)N/N=C(\C)c2ccc[nH]2)cc1. The Labute approximate surface area is 123 Å². The predicted octanol–water partition coefficient (Wildman–Crippen LogP) is 1.98. The number of ether oxygens (including phenoxy) is 1. The van der Waals surface area contributed by atoms with E-state index in [4.69, 9.17) is 4.74 Å². The summed E-state index contributed by atoms with van der Waals surface area (Å²) >= 11 is 0. The van der Waals surface area contributed by atoms with Gasteiger partial charge in [0.2, 0.25) is 0 Å². The molecule has 1 aromatic carbocycles. The van der Waals surface area contributed by atoms with Crippen LogP contribution in [-0.2, 0) is 4.79 Å². The molecular weight excluding hydrogens is 268 g/mol. The van der Waals surface area contributed by atoms with Crippen LogP contribution in [0.4, 0.5) is 5.69 Å². The van der Waals surface area contributed by atoms with Crippen molar-refractivity contribution in [3.8, 4) is 5.75 Å². The summed E-state index contributed by atoms with van der Waals surface area (Å²) in [6.45, 7) is 1.97. The highest BCUT2D eigenvalue weighted by Gasteiger charge is 2.02. The number of hydrogen-bond acceptors (Lipinski definition) is 4. The van der Waals surface area contributed by atoms with Crippen LogP contribution < -0.4 is 15.5 Å². The summed E-state index contributed by atoms with van der Waals surface area (Å²) in [5.41, 5.74) is 4.94. The second-order valence-electron chi connectivity index (χ2n) is 4.40. The Morgan fingerprint density at radius 3 is 2.67 bits per heavy atom. The van der Waals surface area contributed by atoms with Crippen molar-refractivity contribution in [1.82, 2.24) is 10.4 Å². The van der Waals surface area contributed by atoms with E-state index in [9.17, 15) is 4.79 Å². The van der Waals surface area contributed by atoms with Crippen molar-refractivity contribution < 1.29 is 9.53 Å². The third-order valence-electron chi connectivity index (χ3n) is 2.88. The number of aromatic nitrogens is 1. The fourth-order valence-electron chi connectivity index (χ4n) is 1.69. The third kappa shape index (κ3) is 4.38. The Morgan fingerprint density at radius 1 is 1.29 bits per heavy atom. The van der Waals surface area contributed by atoms with E-state index >= 15 is 0 Å². The first-order valence-electron chi connectivity index (χ1n) is 6.54. The van der Waals surface area contributed by atoms with Gasteiger partial charge in [0.25, 0.3) is 5.91 Å². The molecule has 1 aromatic heterocycles. The molecule has 0 fully saturated rings. The molecular formula is C15H18N4O2. The fourth-order valence-corrected chi connectivity index (χ4v) is 1.69. The van der Waals surface area contributed by atoms with Crippen molar-refractivity contribution in [3.63, 3.8) is 0 Å². The van der Waals surface area contributed by atoms with Gasteiger partial charge in [0.1, 0.15) is 5.75 Å². The van der Waals surface area contributed by atoms with Crippen molar-refractivity contribution in [3.05, 3.63) is 48.3 Å². The maximum atomic E-state index is 11.7. The summed E-state index contributed by atoms with van der Waals surface area (Å²) in [7, 11) is 1.61. The molecule has 6 heteroatoms. The maximum Gasteiger partial charge on any atom is 0.259 e. The van der Waals surface area contributed by atoms with E-state index in [1.807, 2.05) is 43.3 Å². The molecule has 0 aliphatic rings. The van der Waals surface area contributed by atoms with Gasteiger partial charge in [-0.05, 0) is 43.3 Å². The van der Waals surface area contributed by atoms with Crippen LogP contribution in [0.25, 0.3) is 0 Å². The predicted molar refractivity (Wildman–Crippen MR) is 82.6 cm³/mol. The molecule has 2 aromatic rings. The molecule has 110 valence electrons. The Morgan fingerprint density at radius 2 is 2.05 bits per heavy atom. The minimum Gasteiger partial charge on any atom is -0.497 e. The Hall–Kier alpha value is -2.76. The first-order valence-corrected chi connectivity index (χ1v) is 6.54. The molecule has 0 radical (unpaired) electrons. The lowest BCUT2D eigenvalue weighted by molar-refractivity contribution is -0.119. The molecule has 0 spiro atoms. The number of methoxy groups -OCH3 is 1. The van der Waals surface area contributed by atoms with Gasteiger partial charge in [-0.3, -0.25) is 4.79 Å². The molecule has 0 unspecified atom stereocenters. The van der Waals surface area contributed by atoms with Gasteiger partial charge < -0.3 is 15.0 Å². The van der Waals surface area contributed by atoms with E-state index in [1.54, 1.807) is 13.3 Å². The average molecular weight is 286 g/mol. The van der Waals surface area contributed by atoms with Crippen LogP contribution in [0.5, 0.6) is 5.75 Å². The summed E-state index contributed by atoms with van der Waals surface area (Å²) in [4.78, 5) is 14.7. The molecule has 1 heterocycles. The van der Waals surface area contributed by atoms with Gasteiger partial charge in [0.05, 0.1) is 25.1 Å². The Bertz CT molecular complexity index is 603. The van der Waals surface area contributed by atoms with Crippen LogP contribution in [0.3, 0.4) is 0 Å². The number of benzene rings is 1. The van der Waals surface area contributed by atoms with Crippen molar-refractivity contribution >= 4 is 17.3 Å². The zero-order chi connectivity index (χ0) is 15.1. The lowest BCUT2D eigenvalue weighted by Crippen LogP contribution is -2.26. The molecule has 0 saturated carbocycles. The van der Waals surface area contributed by atoms with E-state index in [2.05, 4.69) is 20.8 Å². The number of hydrogen-bond donors (Lipinski definition) is 3. The highest BCUT2D eigenvalue weighted by Crippen LogP contribution is 2.14. The van der Waals surface area contributed by atoms with E-state index in [0.717, 1.165) is 22.8 Å². The van der Waals surface area contributed by atoms with E-state index < -0.39 is 0 Å². The van der Waals surface area contributed by atoms with E-state index in [1.165, 1.54) is 0 Å². The smallest absolute Gasteiger partial charge is 0.259 e. The van der Waals surface area contributed by atoms with Crippen molar-refractivity contribution in [2.75, 3.05) is 19.0 Å². The molecule has 3 N–H and O–H groups in total. The number of nitrogens with one attached hydrogen (secondary N) is 3. The molecule has 0 aliphatic carbocycles. The molecule has 6 nitrogen and oxygen atoms in total. The summed E-state index contributed by atoms with van der Waals surface area (Å²) in [6, 6.07) is 11.1. The zero-order valence-electron chi connectivity index (χ0n) is 12.0. The minimum atomic E-state index is -0.211. The number of H-pyrrole nitrogens is 1. The fraction of sp³-hybridized carbons (Fsp3) is 0.200. The first-order chi connectivity index (χ1) is 10.2. The molecule has 0 saturated heterocycles. The van der Waals surface area contributed by atoms with Gasteiger partial charge in [-0.2, -0.15) is 5.10 Å². The summed E-state index contributed by atoms with van der Waals surface area (Å²) < 4.78 is 5.07. The number of rotatable bonds is 6. The number of hydrazone groups is 1. The van der Waals surface area contributed by atoms with Crippen LogP contribution in [0.1, 0.15) is 12.6 Å². The summed E-state index contributed by atoms with van der Waals surface area (Å²) in [5.74, 6) is 0.563. The third-order valence-corrected chi connectivity index (χ3v) is 2.88. The van der Waals surface area contributed by atoms with Crippen LogP contribution >= 0.6 is 0 Å². The van der Waals surface area contributed by atoms with Gasteiger partial charge in [-0.25, -0.2) is 5.43 Å². The second-order valence-corrected chi connectivity index (χ2v) is 4.40.